The number of ether oxygens (including phenoxy) is 4. The topological polar surface area (TPSA) is 54.0 Å². The standard InChI is InChI=1S/C14H22O5/c1-6-14-7-8-10(17-12(2,3)16-8)9(15)11(14)18-13(4,5)19-14/h8,10-11H,6-7H2,1-5H3/t8-,10-,11+,14-/m1/s1. The van der Waals surface area contributed by atoms with Crippen molar-refractivity contribution in [3.8, 4) is 0 Å². The van der Waals surface area contributed by atoms with Gasteiger partial charge in [-0.05, 0) is 34.1 Å². The zero-order valence-electron chi connectivity index (χ0n) is 12.2. The summed E-state index contributed by atoms with van der Waals surface area (Å²) in [7, 11) is 0. The highest BCUT2D eigenvalue weighted by atomic mass is 16.8. The van der Waals surface area contributed by atoms with Crippen LogP contribution in [0.5, 0.6) is 0 Å². The molecule has 0 spiro atoms. The highest BCUT2D eigenvalue weighted by Gasteiger charge is 2.64. The first-order valence-corrected chi connectivity index (χ1v) is 6.95. The second-order valence-corrected chi connectivity index (χ2v) is 6.62. The monoisotopic (exact) mass is 270 g/mol. The van der Waals surface area contributed by atoms with E-state index in [1.807, 2.05) is 34.6 Å². The summed E-state index contributed by atoms with van der Waals surface area (Å²) in [5.74, 6) is -1.49. The van der Waals surface area contributed by atoms with Gasteiger partial charge >= 0.3 is 0 Å². The summed E-state index contributed by atoms with van der Waals surface area (Å²) in [6.07, 6.45) is 0.0386. The SMILES string of the molecule is CC[C@@]12C[C@H]3OC(C)(C)O[C@H]3C(=O)[C@@H]1OC(C)(C)O2. The smallest absolute Gasteiger partial charge is 0.196 e. The quantitative estimate of drug-likeness (QED) is 0.727. The van der Waals surface area contributed by atoms with Crippen molar-refractivity contribution >= 4 is 5.78 Å². The minimum atomic E-state index is -0.732. The van der Waals surface area contributed by atoms with Crippen LogP contribution in [0.2, 0.25) is 0 Å². The van der Waals surface area contributed by atoms with E-state index in [0.717, 1.165) is 6.42 Å². The van der Waals surface area contributed by atoms with Gasteiger partial charge in [0.1, 0.15) is 11.7 Å². The van der Waals surface area contributed by atoms with Crippen LogP contribution < -0.4 is 0 Å². The molecular formula is C14H22O5. The summed E-state index contributed by atoms with van der Waals surface area (Å²) in [4.78, 5) is 12.6. The third-order valence-electron chi connectivity index (χ3n) is 4.20. The van der Waals surface area contributed by atoms with Crippen molar-refractivity contribution in [3.63, 3.8) is 0 Å². The maximum atomic E-state index is 12.6. The maximum absolute atomic E-state index is 12.6. The Balaban J connectivity index is 1.94. The molecule has 0 amide bonds. The van der Waals surface area contributed by atoms with Crippen LogP contribution in [0.3, 0.4) is 0 Å². The molecule has 4 atom stereocenters. The van der Waals surface area contributed by atoms with Gasteiger partial charge in [-0.2, -0.15) is 0 Å². The first-order chi connectivity index (χ1) is 8.68. The fraction of sp³-hybridized carbons (Fsp3) is 0.929. The van der Waals surface area contributed by atoms with Crippen molar-refractivity contribution < 1.29 is 23.7 Å². The van der Waals surface area contributed by atoms with Gasteiger partial charge in [0, 0.05) is 6.42 Å². The fourth-order valence-corrected chi connectivity index (χ4v) is 3.54. The molecule has 3 aliphatic rings. The number of carbonyl (C=O) groups is 1. The molecule has 1 saturated carbocycles. The molecule has 2 heterocycles. The molecule has 3 fully saturated rings. The van der Waals surface area contributed by atoms with Crippen LogP contribution in [0.15, 0.2) is 0 Å². The lowest BCUT2D eigenvalue weighted by atomic mass is 9.77. The van der Waals surface area contributed by atoms with E-state index in [0.29, 0.717) is 6.42 Å². The summed E-state index contributed by atoms with van der Waals surface area (Å²) in [6.45, 7) is 9.37. The van der Waals surface area contributed by atoms with E-state index in [1.165, 1.54) is 0 Å². The second-order valence-electron chi connectivity index (χ2n) is 6.62. The molecule has 0 aromatic rings. The van der Waals surface area contributed by atoms with E-state index in [4.69, 9.17) is 18.9 Å². The third kappa shape index (κ3) is 1.95. The number of ketones is 1. The van der Waals surface area contributed by atoms with Gasteiger partial charge in [-0.3, -0.25) is 4.79 Å². The highest BCUT2D eigenvalue weighted by molar-refractivity contribution is 5.91. The number of fused-ring (bicyclic) bond motifs is 2. The molecule has 3 rings (SSSR count). The van der Waals surface area contributed by atoms with Crippen LogP contribution in [0, 0.1) is 0 Å². The summed E-state index contributed by atoms with van der Waals surface area (Å²) < 4.78 is 23.5. The number of carbonyl (C=O) groups excluding carboxylic acids is 1. The molecule has 0 radical (unpaired) electrons. The molecule has 19 heavy (non-hydrogen) atoms. The maximum Gasteiger partial charge on any atom is 0.196 e. The highest BCUT2D eigenvalue weighted by Crippen LogP contribution is 2.49. The first kappa shape index (κ1) is 13.5. The van der Waals surface area contributed by atoms with E-state index in [1.54, 1.807) is 0 Å². The molecule has 2 saturated heterocycles. The van der Waals surface area contributed by atoms with Gasteiger partial charge in [0.15, 0.2) is 23.5 Å². The number of Topliss-reactive ketones (excluding diaryl/α,β-unsaturated/α-hetero) is 1. The molecular weight excluding hydrogens is 248 g/mol. The van der Waals surface area contributed by atoms with Crippen molar-refractivity contribution in [2.24, 2.45) is 0 Å². The molecule has 5 heteroatoms. The predicted octanol–water partition coefficient (Wildman–Crippen LogP) is 1.78. The average molecular weight is 270 g/mol. The Morgan fingerprint density at radius 2 is 1.79 bits per heavy atom. The van der Waals surface area contributed by atoms with Crippen LogP contribution in [-0.2, 0) is 23.7 Å². The van der Waals surface area contributed by atoms with Crippen molar-refractivity contribution in [1.29, 1.82) is 0 Å². The van der Waals surface area contributed by atoms with Gasteiger partial charge in [0.2, 0.25) is 0 Å². The second kappa shape index (κ2) is 3.79. The largest absolute Gasteiger partial charge is 0.344 e. The number of rotatable bonds is 1. The van der Waals surface area contributed by atoms with Crippen molar-refractivity contribution in [2.75, 3.05) is 0 Å². The minimum absolute atomic E-state index is 0.0470. The first-order valence-electron chi connectivity index (χ1n) is 6.95. The van der Waals surface area contributed by atoms with Crippen LogP contribution in [0.25, 0.3) is 0 Å². The van der Waals surface area contributed by atoms with E-state index in [-0.39, 0.29) is 11.9 Å². The number of hydrogen-bond donors (Lipinski definition) is 0. The van der Waals surface area contributed by atoms with Crippen molar-refractivity contribution in [1.82, 2.24) is 0 Å². The minimum Gasteiger partial charge on any atom is -0.344 e. The third-order valence-corrected chi connectivity index (χ3v) is 4.20. The molecule has 0 aromatic carbocycles. The van der Waals surface area contributed by atoms with E-state index < -0.39 is 29.4 Å². The Morgan fingerprint density at radius 1 is 1.11 bits per heavy atom. The Labute approximate surface area is 113 Å². The van der Waals surface area contributed by atoms with Gasteiger partial charge in [-0.15, -0.1) is 0 Å². The lowest BCUT2D eigenvalue weighted by molar-refractivity contribution is -0.178. The Bertz CT molecular complexity index is 416. The molecule has 0 N–H and O–H groups in total. The van der Waals surface area contributed by atoms with E-state index in [2.05, 4.69) is 0 Å². The molecule has 0 aromatic heterocycles. The van der Waals surface area contributed by atoms with Crippen molar-refractivity contribution in [3.05, 3.63) is 0 Å². The average Bonchev–Trinajstić information content (AvgIpc) is 2.72. The fourth-order valence-electron chi connectivity index (χ4n) is 3.54. The number of hydrogen-bond acceptors (Lipinski definition) is 5. The lowest BCUT2D eigenvalue weighted by Gasteiger charge is -2.38. The van der Waals surface area contributed by atoms with Crippen LogP contribution >= 0.6 is 0 Å². The molecule has 2 aliphatic heterocycles. The van der Waals surface area contributed by atoms with E-state index in [9.17, 15) is 4.79 Å². The van der Waals surface area contributed by atoms with Gasteiger partial charge in [-0.25, -0.2) is 0 Å². The molecule has 0 bridgehead atoms. The summed E-state index contributed by atoms with van der Waals surface area (Å²) in [5, 5.41) is 0. The van der Waals surface area contributed by atoms with E-state index >= 15 is 0 Å². The zero-order valence-corrected chi connectivity index (χ0v) is 12.2. The molecule has 0 unspecified atom stereocenters. The molecule has 108 valence electrons. The van der Waals surface area contributed by atoms with Gasteiger partial charge < -0.3 is 18.9 Å². The Kier molecular flexibility index (Phi) is 2.69. The normalized spacial score (nSPS) is 47.0. The van der Waals surface area contributed by atoms with Gasteiger partial charge in [0.05, 0.1) is 6.10 Å². The summed E-state index contributed by atoms with van der Waals surface area (Å²) in [6, 6.07) is 0. The zero-order chi connectivity index (χ0) is 14.1. The molecule has 5 nitrogen and oxygen atoms in total. The van der Waals surface area contributed by atoms with Crippen molar-refractivity contribution in [2.45, 2.75) is 82.9 Å². The van der Waals surface area contributed by atoms with Gasteiger partial charge in [-0.1, -0.05) is 6.92 Å². The van der Waals surface area contributed by atoms with Crippen LogP contribution in [0.4, 0.5) is 0 Å². The Morgan fingerprint density at radius 3 is 2.42 bits per heavy atom. The summed E-state index contributed by atoms with van der Waals surface area (Å²) in [5.41, 5.74) is -0.578. The van der Waals surface area contributed by atoms with Crippen LogP contribution in [-0.4, -0.2) is 41.3 Å². The predicted molar refractivity (Wildman–Crippen MR) is 66.5 cm³/mol. The van der Waals surface area contributed by atoms with Crippen LogP contribution in [0.1, 0.15) is 47.5 Å². The van der Waals surface area contributed by atoms with Gasteiger partial charge in [0.25, 0.3) is 0 Å². The lowest BCUT2D eigenvalue weighted by Crippen LogP contribution is -2.57. The Hall–Kier alpha value is -0.490. The summed E-state index contributed by atoms with van der Waals surface area (Å²) >= 11 is 0. The molecule has 1 aliphatic carbocycles.